The molecule has 0 aliphatic heterocycles. The van der Waals surface area contributed by atoms with Crippen molar-refractivity contribution in [3.05, 3.63) is 35.9 Å². The van der Waals surface area contributed by atoms with Gasteiger partial charge in [-0.15, -0.1) is 0 Å². The van der Waals surface area contributed by atoms with Crippen LogP contribution in [0.15, 0.2) is 30.3 Å². The Kier molecular flexibility index (Phi) is 8.41. The molecule has 2 amide bonds. The average Bonchev–Trinajstić information content (AvgIpc) is 2.52. The smallest absolute Gasteiger partial charge is 0.315 e. The summed E-state index contributed by atoms with van der Waals surface area (Å²) in [5, 5.41) is 23.9. The van der Waals surface area contributed by atoms with E-state index >= 15 is 0 Å². The first-order valence-electron chi connectivity index (χ1n) is 8.66. The van der Waals surface area contributed by atoms with E-state index in [0.29, 0.717) is 19.3 Å². The Bertz CT molecular complexity index is 540. The SMILES string of the molecule is CC(C)(C)C(CCO)NC(=O)NC(CCC(=O)O)Cc1ccccc1. The lowest BCUT2D eigenvalue weighted by Crippen LogP contribution is -2.51. The summed E-state index contributed by atoms with van der Waals surface area (Å²) < 4.78 is 0. The zero-order valence-electron chi connectivity index (χ0n) is 15.3. The number of hydrogen-bond donors (Lipinski definition) is 4. The third-order valence-electron chi connectivity index (χ3n) is 4.14. The van der Waals surface area contributed by atoms with Gasteiger partial charge in [0.05, 0.1) is 0 Å². The number of amides is 2. The highest BCUT2D eigenvalue weighted by atomic mass is 16.4. The number of carbonyl (C=O) groups is 2. The van der Waals surface area contributed by atoms with Crippen molar-refractivity contribution in [1.29, 1.82) is 0 Å². The fraction of sp³-hybridized carbons (Fsp3) is 0.579. The van der Waals surface area contributed by atoms with Crippen LogP contribution < -0.4 is 10.6 Å². The van der Waals surface area contributed by atoms with Crippen molar-refractivity contribution in [3.63, 3.8) is 0 Å². The minimum atomic E-state index is -0.881. The molecule has 0 fully saturated rings. The Labute approximate surface area is 149 Å². The molecule has 4 N–H and O–H groups in total. The van der Waals surface area contributed by atoms with Crippen LogP contribution >= 0.6 is 0 Å². The van der Waals surface area contributed by atoms with Gasteiger partial charge in [0.1, 0.15) is 0 Å². The van der Waals surface area contributed by atoms with Gasteiger partial charge in [-0.05, 0) is 30.2 Å². The highest BCUT2D eigenvalue weighted by molar-refractivity contribution is 5.75. The second-order valence-electron chi connectivity index (χ2n) is 7.37. The van der Waals surface area contributed by atoms with Crippen LogP contribution in [-0.4, -0.2) is 40.9 Å². The van der Waals surface area contributed by atoms with Crippen molar-refractivity contribution in [1.82, 2.24) is 10.6 Å². The van der Waals surface area contributed by atoms with Crippen molar-refractivity contribution in [2.45, 2.75) is 58.5 Å². The number of urea groups is 1. The first kappa shape index (κ1) is 21.0. The summed E-state index contributed by atoms with van der Waals surface area (Å²) in [6, 6.07) is 8.88. The maximum atomic E-state index is 12.4. The van der Waals surface area contributed by atoms with E-state index in [-0.39, 0.29) is 36.6 Å². The van der Waals surface area contributed by atoms with E-state index in [9.17, 15) is 14.7 Å². The van der Waals surface area contributed by atoms with Gasteiger partial charge in [-0.25, -0.2) is 4.79 Å². The van der Waals surface area contributed by atoms with Crippen LogP contribution in [0, 0.1) is 5.41 Å². The number of carbonyl (C=O) groups excluding carboxylic acids is 1. The van der Waals surface area contributed by atoms with Gasteiger partial charge in [-0.2, -0.15) is 0 Å². The maximum Gasteiger partial charge on any atom is 0.315 e. The van der Waals surface area contributed by atoms with Crippen molar-refractivity contribution in [2.75, 3.05) is 6.61 Å². The van der Waals surface area contributed by atoms with Crippen LogP contribution in [0.4, 0.5) is 4.79 Å². The standard InChI is InChI=1S/C19H30N2O4/c1-19(2,3)16(11-12-22)21-18(25)20-15(9-10-17(23)24)13-14-7-5-4-6-8-14/h4-8,15-16,22H,9-13H2,1-3H3,(H,23,24)(H2,20,21,25). The van der Waals surface area contributed by atoms with Crippen molar-refractivity contribution in [2.24, 2.45) is 5.41 Å². The fourth-order valence-electron chi connectivity index (χ4n) is 2.66. The summed E-state index contributed by atoms with van der Waals surface area (Å²) in [5.74, 6) is -0.881. The molecule has 2 atom stereocenters. The van der Waals surface area contributed by atoms with Crippen LogP contribution in [0.2, 0.25) is 0 Å². The van der Waals surface area contributed by atoms with E-state index in [4.69, 9.17) is 5.11 Å². The van der Waals surface area contributed by atoms with E-state index in [1.807, 2.05) is 51.1 Å². The highest BCUT2D eigenvalue weighted by Crippen LogP contribution is 2.21. The van der Waals surface area contributed by atoms with Crippen molar-refractivity contribution >= 4 is 12.0 Å². The second kappa shape index (κ2) is 10.0. The van der Waals surface area contributed by atoms with Gasteiger partial charge in [0.2, 0.25) is 0 Å². The Hall–Kier alpha value is -2.08. The lowest BCUT2D eigenvalue weighted by molar-refractivity contribution is -0.137. The number of hydrogen-bond acceptors (Lipinski definition) is 3. The first-order chi connectivity index (χ1) is 11.7. The molecular weight excluding hydrogens is 320 g/mol. The minimum Gasteiger partial charge on any atom is -0.481 e. The molecule has 25 heavy (non-hydrogen) atoms. The zero-order valence-corrected chi connectivity index (χ0v) is 15.3. The van der Waals surface area contributed by atoms with E-state index in [1.54, 1.807) is 0 Å². The summed E-state index contributed by atoms with van der Waals surface area (Å²) in [7, 11) is 0. The molecule has 1 aromatic carbocycles. The third-order valence-corrected chi connectivity index (χ3v) is 4.14. The van der Waals surface area contributed by atoms with E-state index in [2.05, 4.69) is 10.6 Å². The van der Waals surface area contributed by atoms with Gasteiger partial charge in [-0.1, -0.05) is 51.1 Å². The van der Waals surface area contributed by atoms with Crippen molar-refractivity contribution in [3.8, 4) is 0 Å². The van der Waals surface area contributed by atoms with Crippen LogP contribution in [-0.2, 0) is 11.2 Å². The van der Waals surface area contributed by atoms with Crippen molar-refractivity contribution < 1.29 is 19.8 Å². The highest BCUT2D eigenvalue weighted by Gasteiger charge is 2.26. The molecule has 6 heteroatoms. The van der Waals surface area contributed by atoms with Crippen LogP contribution in [0.1, 0.15) is 45.6 Å². The number of benzene rings is 1. The minimum absolute atomic E-state index is 0.00286. The molecule has 140 valence electrons. The van der Waals surface area contributed by atoms with E-state index in [0.717, 1.165) is 5.56 Å². The number of carboxylic acid groups (broad SMARTS) is 1. The zero-order chi connectivity index (χ0) is 18.9. The third kappa shape index (κ3) is 8.54. The second-order valence-corrected chi connectivity index (χ2v) is 7.37. The number of aliphatic hydroxyl groups excluding tert-OH is 1. The molecule has 0 aromatic heterocycles. The Morgan fingerprint density at radius 1 is 1.08 bits per heavy atom. The Balaban J connectivity index is 2.71. The fourth-order valence-corrected chi connectivity index (χ4v) is 2.66. The number of carboxylic acids is 1. The summed E-state index contributed by atoms with van der Waals surface area (Å²) >= 11 is 0. The normalized spacial score (nSPS) is 13.8. The molecule has 0 heterocycles. The number of rotatable bonds is 9. The van der Waals surface area contributed by atoms with Crippen LogP contribution in [0.5, 0.6) is 0 Å². The van der Waals surface area contributed by atoms with Gasteiger partial charge >= 0.3 is 12.0 Å². The molecule has 0 aliphatic carbocycles. The summed E-state index contributed by atoms with van der Waals surface area (Å²) in [6.45, 7) is 5.99. The molecule has 0 spiro atoms. The van der Waals surface area contributed by atoms with Gasteiger partial charge in [0.15, 0.2) is 0 Å². The molecule has 0 aliphatic rings. The van der Waals surface area contributed by atoms with Gasteiger partial charge in [0, 0.05) is 25.1 Å². The number of aliphatic hydroxyl groups is 1. The molecule has 0 bridgehead atoms. The first-order valence-corrected chi connectivity index (χ1v) is 8.66. The number of nitrogens with one attached hydrogen (secondary N) is 2. The lowest BCUT2D eigenvalue weighted by atomic mass is 9.85. The predicted octanol–water partition coefficient (Wildman–Crippen LogP) is 2.56. The predicted molar refractivity (Wildman–Crippen MR) is 97.4 cm³/mol. The molecule has 0 saturated heterocycles. The lowest BCUT2D eigenvalue weighted by Gasteiger charge is -2.32. The van der Waals surface area contributed by atoms with Gasteiger partial charge < -0.3 is 20.8 Å². The Morgan fingerprint density at radius 3 is 2.24 bits per heavy atom. The molecule has 0 saturated carbocycles. The molecular formula is C19H30N2O4. The Morgan fingerprint density at radius 2 is 1.72 bits per heavy atom. The van der Waals surface area contributed by atoms with Crippen LogP contribution in [0.3, 0.4) is 0 Å². The van der Waals surface area contributed by atoms with E-state index in [1.165, 1.54) is 0 Å². The van der Waals surface area contributed by atoms with Gasteiger partial charge in [-0.3, -0.25) is 4.79 Å². The molecule has 1 rings (SSSR count). The summed E-state index contributed by atoms with van der Waals surface area (Å²) in [6.07, 6.45) is 1.39. The summed E-state index contributed by atoms with van der Waals surface area (Å²) in [4.78, 5) is 23.2. The molecule has 1 aromatic rings. The number of aliphatic carboxylic acids is 1. The van der Waals surface area contributed by atoms with Gasteiger partial charge in [0.25, 0.3) is 0 Å². The maximum absolute atomic E-state index is 12.4. The monoisotopic (exact) mass is 350 g/mol. The topological polar surface area (TPSA) is 98.7 Å². The molecule has 6 nitrogen and oxygen atoms in total. The van der Waals surface area contributed by atoms with E-state index < -0.39 is 5.97 Å². The largest absolute Gasteiger partial charge is 0.481 e. The molecule has 0 radical (unpaired) electrons. The average molecular weight is 350 g/mol. The summed E-state index contributed by atoms with van der Waals surface area (Å²) in [5.41, 5.74) is 0.858. The molecule has 2 unspecified atom stereocenters. The van der Waals surface area contributed by atoms with Crippen LogP contribution in [0.25, 0.3) is 0 Å². The quantitative estimate of drug-likeness (QED) is 0.550.